The van der Waals surface area contributed by atoms with E-state index in [9.17, 15) is 19.7 Å². The minimum Gasteiger partial charge on any atom is -0.451 e. The van der Waals surface area contributed by atoms with E-state index < -0.39 is 4.92 Å². The fraction of sp³-hybridized carbons (Fsp3) is 0.111. The topological polar surface area (TPSA) is 140 Å². The van der Waals surface area contributed by atoms with Gasteiger partial charge in [-0.3, -0.25) is 30.3 Å². The molecule has 3 heterocycles. The van der Waals surface area contributed by atoms with Gasteiger partial charge < -0.3 is 4.42 Å². The molecule has 2 aromatic carbocycles. The van der Waals surface area contributed by atoms with Crippen molar-refractivity contribution < 1.29 is 18.9 Å². The first-order valence-corrected chi connectivity index (χ1v) is 13.7. The Balaban J connectivity index is 0.000000186. The van der Waals surface area contributed by atoms with Crippen LogP contribution < -0.4 is 10.6 Å². The fourth-order valence-corrected chi connectivity index (χ4v) is 4.79. The first-order valence-electron chi connectivity index (χ1n) is 11.7. The molecular weight excluding hydrogens is 574 g/mol. The van der Waals surface area contributed by atoms with Gasteiger partial charge >= 0.3 is 5.00 Å². The van der Waals surface area contributed by atoms with Gasteiger partial charge in [-0.2, -0.15) is 0 Å². The van der Waals surface area contributed by atoms with E-state index in [1.807, 2.05) is 44.2 Å². The van der Waals surface area contributed by atoms with Crippen LogP contribution in [0.1, 0.15) is 36.9 Å². The second-order valence-corrected chi connectivity index (χ2v) is 11.0. The normalized spacial score (nSPS) is 10.4. The van der Waals surface area contributed by atoms with E-state index in [2.05, 4.69) is 20.6 Å². The zero-order valence-electron chi connectivity index (χ0n) is 21.4. The Labute approximate surface area is 241 Å². The Hall–Kier alpha value is -4.39. The maximum absolute atomic E-state index is 12.1. The number of furan rings is 1. The SMILES string of the molecule is Cc1cc(C(=O)Nc2ncc([N+](=O)[O-])s2)ccc1Cl.Cc1cnc(NC(=O)c2ccc(-c3ccccc3C)o2)s1. The van der Waals surface area contributed by atoms with Gasteiger partial charge in [0.15, 0.2) is 16.0 Å². The molecule has 0 saturated carbocycles. The average Bonchev–Trinajstić information content (AvgIpc) is 3.68. The maximum Gasteiger partial charge on any atom is 0.345 e. The highest BCUT2D eigenvalue weighted by atomic mass is 35.5. The van der Waals surface area contributed by atoms with E-state index in [0.29, 0.717) is 21.5 Å². The number of thiazole rings is 2. The van der Waals surface area contributed by atoms with E-state index >= 15 is 0 Å². The zero-order chi connectivity index (χ0) is 28.8. The van der Waals surface area contributed by atoms with E-state index in [1.54, 1.807) is 37.4 Å². The lowest BCUT2D eigenvalue weighted by Gasteiger charge is -2.03. The van der Waals surface area contributed by atoms with Gasteiger partial charge in [-0.15, -0.1) is 11.3 Å². The van der Waals surface area contributed by atoms with E-state index in [0.717, 1.165) is 39.1 Å². The van der Waals surface area contributed by atoms with Gasteiger partial charge in [0.2, 0.25) is 0 Å². The summed E-state index contributed by atoms with van der Waals surface area (Å²) in [5, 5.41) is 16.9. The van der Waals surface area contributed by atoms with Crippen LogP contribution in [0.4, 0.5) is 15.3 Å². The summed E-state index contributed by atoms with van der Waals surface area (Å²) in [6, 6.07) is 16.2. The molecule has 0 unspecified atom stereocenters. The molecule has 13 heteroatoms. The Bertz CT molecular complexity index is 1690. The number of rotatable bonds is 6. The molecule has 3 aromatic heterocycles. The highest BCUT2D eigenvalue weighted by Crippen LogP contribution is 2.27. The van der Waals surface area contributed by atoms with Crippen molar-refractivity contribution in [3.8, 4) is 11.3 Å². The number of nitrogens with one attached hydrogen (secondary N) is 2. The van der Waals surface area contributed by atoms with Crippen molar-refractivity contribution in [3.05, 3.63) is 109 Å². The molecule has 10 nitrogen and oxygen atoms in total. The summed E-state index contributed by atoms with van der Waals surface area (Å²) >= 11 is 8.10. The lowest BCUT2D eigenvalue weighted by molar-refractivity contribution is -0.380. The van der Waals surface area contributed by atoms with Gasteiger partial charge in [0.05, 0.1) is 4.92 Å². The summed E-state index contributed by atoms with van der Waals surface area (Å²) < 4.78 is 5.66. The molecule has 0 aliphatic rings. The summed E-state index contributed by atoms with van der Waals surface area (Å²) in [6.07, 6.45) is 2.83. The first-order chi connectivity index (χ1) is 19.1. The second-order valence-electron chi connectivity index (χ2n) is 8.39. The van der Waals surface area contributed by atoms with Gasteiger partial charge in [-0.05, 0) is 73.6 Å². The molecule has 5 aromatic rings. The third-order valence-corrected chi connectivity index (χ3v) is 7.51. The highest BCUT2D eigenvalue weighted by molar-refractivity contribution is 7.18. The van der Waals surface area contributed by atoms with Crippen molar-refractivity contribution in [2.45, 2.75) is 20.8 Å². The molecule has 5 rings (SSSR count). The van der Waals surface area contributed by atoms with Gasteiger partial charge in [-0.1, -0.05) is 35.9 Å². The zero-order valence-corrected chi connectivity index (χ0v) is 23.8. The van der Waals surface area contributed by atoms with Crippen molar-refractivity contribution in [2.75, 3.05) is 10.6 Å². The lowest BCUT2D eigenvalue weighted by atomic mass is 10.1. The predicted octanol–water partition coefficient (Wildman–Crippen LogP) is 7.54. The monoisotopic (exact) mass is 595 g/mol. The second kappa shape index (κ2) is 12.6. The summed E-state index contributed by atoms with van der Waals surface area (Å²) in [5.41, 5.74) is 3.29. The first kappa shape index (κ1) is 28.6. The molecule has 0 radical (unpaired) electrons. The molecule has 2 amide bonds. The van der Waals surface area contributed by atoms with E-state index in [-0.39, 0.29) is 27.7 Å². The van der Waals surface area contributed by atoms with Gasteiger partial charge in [0.25, 0.3) is 11.8 Å². The number of hydrogen-bond donors (Lipinski definition) is 2. The molecule has 0 atom stereocenters. The number of amides is 2. The smallest absolute Gasteiger partial charge is 0.345 e. The van der Waals surface area contributed by atoms with Crippen molar-refractivity contribution in [3.63, 3.8) is 0 Å². The van der Waals surface area contributed by atoms with Crippen LogP contribution in [0.5, 0.6) is 0 Å². The fourth-order valence-electron chi connectivity index (χ4n) is 3.39. The molecule has 0 bridgehead atoms. The molecule has 0 saturated heterocycles. The lowest BCUT2D eigenvalue weighted by Crippen LogP contribution is -2.11. The Morgan fingerprint density at radius 3 is 2.25 bits per heavy atom. The number of aryl methyl sites for hydroxylation is 3. The van der Waals surface area contributed by atoms with E-state index in [4.69, 9.17) is 16.0 Å². The largest absolute Gasteiger partial charge is 0.451 e. The predicted molar refractivity (Wildman–Crippen MR) is 157 cm³/mol. The number of nitrogens with zero attached hydrogens (tertiary/aromatic N) is 3. The molecule has 2 N–H and O–H groups in total. The Kier molecular flexibility index (Phi) is 9.04. The molecular formula is C27H22ClN5O5S2. The number of benzene rings is 2. The van der Waals surface area contributed by atoms with Gasteiger partial charge in [0, 0.05) is 27.2 Å². The van der Waals surface area contributed by atoms with Crippen LogP contribution in [-0.2, 0) is 0 Å². The third-order valence-electron chi connectivity index (χ3n) is 5.40. The molecule has 0 aliphatic heterocycles. The van der Waals surface area contributed by atoms with Gasteiger partial charge in [0.1, 0.15) is 12.0 Å². The van der Waals surface area contributed by atoms with E-state index in [1.165, 1.54) is 11.3 Å². The summed E-state index contributed by atoms with van der Waals surface area (Å²) in [6.45, 7) is 5.74. The molecule has 204 valence electrons. The summed E-state index contributed by atoms with van der Waals surface area (Å²) in [7, 11) is 0. The van der Waals surface area contributed by atoms with Crippen molar-refractivity contribution in [1.29, 1.82) is 0 Å². The number of halogens is 1. The molecule has 0 spiro atoms. The third kappa shape index (κ3) is 7.17. The number of anilines is 2. The van der Waals surface area contributed by atoms with Crippen LogP contribution in [0.15, 0.2) is 71.4 Å². The molecule has 0 fully saturated rings. The van der Waals surface area contributed by atoms with Gasteiger partial charge in [-0.25, -0.2) is 9.97 Å². The molecule has 40 heavy (non-hydrogen) atoms. The average molecular weight is 596 g/mol. The number of aromatic nitrogens is 2. The van der Waals surface area contributed by atoms with Crippen LogP contribution in [0.25, 0.3) is 11.3 Å². The van der Waals surface area contributed by atoms with Crippen LogP contribution in [0.3, 0.4) is 0 Å². The van der Waals surface area contributed by atoms with Crippen molar-refractivity contribution >= 4 is 61.4 Å². The quantitative estimate of drug-likeness (QED) is 0.153. The summed E-state index contributed by atoms with van der Waals surface area (Å²) in [5.74, 6) is 0.294. The minimum atomic E-state index is -0.556. The minimum absolute atomic E-state index is 0.123. The molecule has 0 aliphatic carbocycles. The highest BCUT2D eigenvalue weighted by Gasteiger charge is 2.16. The van der Waals surface area contributed by atoms with Crippen LogP contribution in [-0.4, -0.2) is 26.7 Å². The van der Waals surface area contributed by atoms with Crippen LogP contribution in [0.2, 0.25) is 5.02 Å². The number of carbonyl (C=O) groups is 2. The van der Waals surface area contributed by atoms with Crippen LogP contribution in [0, 0.1) is 30.9 Å². The Morgan fingerprint density at radius 1 is 0.900 bits per heavy atom. The Morgan fingerprint density at radius 2 is 1.60 bits per heavy atom. The van der Waals surface area contributed by atoms with Crippen molar-refractivity contribution in [2.24, 2.45) is 0 Å². The van der Waals surface area contributed by atoms with Crippen LogP contribution >= 0.6 is 34.3 Å². The number of hydrogen-bond acceptors (Lipinski definition) is 9. The standard InChI is InChI=1S/C16H14N2O2S.C11H8ClN3O3S/c1-10-5-3-4-6-12(10)13-7-8-14(20-13)15(19)18-16-17-9-11(2)21-16;1-6-4-7(2-3-8(6)12)10(16)14-11-13-5-9(19-11)15(17)18/h3-9H,1-2H3,(H,17,18,19);2-5H,1H3,(H,13,14,16). The maximum atomic E-state index is 12.1. The van der Waals surface area contributed by atoms with Crippen molar-refractivity contribution in [1.82, 2.24) is 9.97 Å². The summed E-state index contributed by atoms with van der Waals surface area (Å²) in [4.78, 5) is 42.9. The number of carbonyl (C=O) groups excluding carboxylic acids is 2. The number of nitro groups is 1.